The molecule has 4 heteroatoms. The zero-order chi connectivity index (χ0) is 14.6. The second-order valence-electron chi connectivity index (χ2n) is 4.20. The lowest BCUT2D eigenvalue weighted by molar-refractivity contribution is -0.138. The minimum absolute atomic E-state index is 0.172. The standard InChI is InChI=1S/C16H13F3O/c1-20-15-10-9-13(11-14(15)16(17,18)19)8-7-12-5-3-2-4-6-12/h2-11H,1H3/b8-7+. The van der Waals surface area contributed by atoms with Crippen LogP contribution >= 0.6 is 0 Å². The zero-order valence-electron chi connectivity index (χ0n) is 10.8. The first-order valence-electron chi connectivity index (χ1n) is 5.99. The van der Waals surface area contributed by atoms with Crippen LogP contribution in [0.2, 0.25) is 0 Å². The van der Waals surface area contributed by atoms with E-state index in [0.717, 1.165) is 11.6 Å². The van der Waals surface area contributed by atoms with Gasteiger partial charge in [-0.15, -0.1) is 0 Å². The Hall–Kier alpha value is -2.23. The van der Waals surface area contributed by atoms with Crippen LogP contribution in [0, 0.1) is 0 Å². The van der Waals surface area contributed by atoms with E-state index < -0.39 is 11.7 Å². The van der Waals surface area contributed by atoms with Gasteiger partial charge in [-0.3, -0.25) is 0 Å². The zero-order valence-corrected chi connectivity index (χ0v) is 10.8. The number of benzene rings is 2. The van der Waals surface area contributed by atoms with Crippen LogP contribution < -0.4 is 4.74 Å². The fraction of sp³-hybridized carbons (Fsp3) is 0.125. The molecule has 104 valence electrons. The van der Waals surface area contributed by atoms with E-state index in [0.29, 0.717) is 5.56 Å². The summed E-state index contributed by atoms with van der Waals surface area (Å²) in [6.45, 7) is 0. The largest absolute Gasteiger partial charge is 0.496 e. The lowest BCUT2D eigenvalue weighted by Crippen LogP contribution is -2.07. The summed E-state index contributed by atoms with van der Waals surface area (Å²) in [4.78, 5) is 0. The maximum absolute atomic E-state index is 12.9. The molecule has 0 unspecified atom stereocenters. The summed E-state index contributed by atoms with van der Waals surface area (Å²) in [5.41, 5.74) is 0.633. The monoisotopic (exact) mass is 278 g/mol. The van der Waals surface area contributed by atoms with Crippen LogP contribution in [0.4, 0.5) is 13.2 Å². The average molecular weight is 278 g/mol. The van der Waals surface area contributed by atoms with Crippen LogP contribution in [0.5, 0.6) is 5.75 Å². The van der Waals surface area contributed by atoms with E-state index in [-0.39, 0.29) is 5.75 Å². The molecule has 2 rings (SSSR count). The lowest BCUT2D eigenvalue weighted by atomic mass is 10.1. The molecule has 0 aliphatic rings. The molecule has 0 N–H and O–H groups in total. The van der Waals surface area contributed by atoms with Gasteiger partial charge in [0.25, 0.3) is 0 Å². The molecule has 0 heterocycles. The molecular weight excluding hydrogens is 265 g/mol. The fourth-order valence-corrected chi connectivity index (χ4v) is 1.81. The van der Waals surface area contributed by atoms with Gasteiger partial charge in [0.15, 0.2) is 0 Å². The summed E-state index contributed by atoms with van der Waals surface area (Å²) in [6, 6.07) is 13.4. The van der Waals surface area contributed by atoms with Gasteiger partial charge in [-0.2, -0.15) is 13.2 Å². The fourth-order valence-electron chi connectivity index (χ4n) is 1.81. The Kier molecular flexibility index (Phi) is 4.13. The Morgan fingerprint density at radius 1 is 0.900 bits per heavy atom. The summed E-state index contributed by atoms with van der Waals surface area (Å²) in [5.74, 6) is -0.172. The van der Waals surface area contributed by atoms with Crippen LogP contribution in [-0.2, 0) is 6.18 Å². The van der Waals surface area contributed by atoms with Gasteiger partial charge in [-0.05, 0) is 23.3 Å². The normalized spacial score (nSPS) is 11.8. The highest BCUT2D eigenvalue weighted by Gasteiger charge is 2.34. The topological polar surface area (TPSA) is 9.23 Å². The van der Waals surface area contributed by atoms with Gasteiger partial charge >= 0.3 is 6.18 Å². The van der Waals surface area contributed by atoms with Crippen molar-refractivity contribution in [3.05, 3.63) is 65.2 Å². The van der Waals surface area contributed by atoms with Gasteiger partial charge in [0, 0.05) is 0 Å². The number of halogens is 3. The molecule has 2 aromatic carbocycles. The molecule has 0 amide bonds. The third-order valence-corrected chi connectivity index (χ3v) is 2.80. The molecule has 0 fully saturated rings. The van der Waals surface area contributed by atoms with E-state index >= 15 is 0 Å². The summed E-state index contributed by atoms with van der Waals surface area (Å²) in [7, 11) is 1.23. The van der Waals surface area contributed by atoms with Crippen molar-refractivity contribution < 1.29 is 17.9 Å². The van der Waals surface area contributed by atoms with Crippen molar-refractivity contribution in [2.24, 2.45) is 0 Å². The van der Waals surface area contributed by atoms with Crippen molar-refractivity contribution in [2.45, 2.75) is 6.18 Å². The van der Waals surface area contributed by atoms with Crippen molar-refractivity contribution >= 4 is 12.2 Å². The highest BCUT2D eigenvalue weighted by Crippen LogP contribution is 2.36. The van der Waals surface area contributed by atoms with Crippen molar-refractivity contribution in [3.63, 3.8) is 0 Å². The highest BCUT2D eigenvalue weighted by molar-refractivity contribution is 5.70. The minimum Gasteiger partial charge on any atom is -0.496 e. The third-order valence-electron chi connectivity index (χ3n) is 2.80. The Bertz CT molecular complexity index is 601. The SMILES string of the molecule is COc1ccc(/C=C/c2ccccc2)cc1C(F)(F)F. The van der Waals surface area contributed by atoms with E-state index in [2.05, 4.69) is 0 Å². The van der Waals surface area contributed by atoms with E-state index in [1.54, 1.807) is 18.2 Å². The third kappa shape index (κ3) is 3.41. The molecule has 0 aliphatic carbocycles. The van der Waals surface area contributed by atoms with E-state index in [4.69, 9.17) is 4.74 Å². The molecule has 0 aliphatic heterocycles. The molecule has 0 saturated heterocycles. The number of hydrogen-bond acceptors (Lipinski definition) is 1. The first-order valence-corrected chi connectivity index (χ1v) is 5.99. The van der Waals surface area contributed by atoms with Crippen LogP contribution in [0.15, 0.2) is 48.5 Å². The van der Waals surface area contributed by atoms with Gasteiger partial charge in [0.05, 0.1) is 12.7 Å². The molecule has 0 atom stereocenters. The van der Waals surface area contributed by atoms with E-state index in [1.165, 1.54) is 13.2 Å². The van der Waals surface area contributed by atoms with Gasteiger partial charge < -0.3 is 4.74 Å². The summed E-state index contributed by atoms with van der Waals surface area (Å²) >= 11 is 0. The van der Waals surface area contributed by atoms with Crippen molar-refractivity contribution in [3.8, 4) is 5.75 Å². The van der Waals surface area contributed by atoms with Gasteiger partial charge in [0.2, 0.25) is 0 Å². The van der Waals surface area contributed by atoms with Crippen LogP contribution in [0.3, 0.4) is 0 Å². The van der Waals surface area contributed by atoms with E-state index in [1.807, 2.05) is 30.3 Å². The molecule has 0 spiro atoms. The van der Waals surface area contributed by atoms with Crippen molar-refractivity contribution in [1.29, 1.82) is 0 Å². The predicted octanol–water partition coefficient (Wildman–Crippen LogP) is 4.88. The Morgan fingerprint density at radius 3 is 2.15 bits per heavy atom. The first kappa shape index (κ1) is 14.2. The van der Waals surface area contributed by atoms with E-state index in [9.17, 15) is 13.2 Å². The molecule has 0 aromatic heterocycles. The number of alkyl halides is 3. The van der Waals surface area contributed by atoms with Gasteiger partial charge in [0.1, 0.15) is 5.75 Å². The average Bonchev–Trinajstić information content (AvgIpc) is 2.45. The minimum atomic E-state index is -4.43. The van der Waals surface area contributed by atoms with Crippen LogP contribution in [-0.4, -0.2) is 7.11 Å². The van der Waals surface area contributed by atoms with Gasteiger partial charge in [-0.1, -0.05) is 48.6 Å². The number of hydrogen-bond donors (Lipinski definition) is 0. The Balaban J connectivity index is 2.32. The second-order valence-corrected chi connectivity index (χ2v) is 4.20. The summed E-state index contributed by atoms with van der Waals surface area (Å²) in [5, 5.41) is 0. The second kappa shape index (κ2) is 5.82. The van der Waals surface area contributed by atoms with Crippen molar-refractivity contribution in [1.82, 2.24) is 0 Å². The molecular formula is C16H13F3O. The number of ether oxygens (including phenoxy) is 1. The molecule has 0 radical (unpaired) electrons. The molecule has 20 heavy (non-hydrogen) atoms. The maximum atomic E-state index is 12.9. The first-order chi connectivity index (χ1) is 9.50. The smallest absolute Gasteiger partial charge is 0.419 e. The molecule has 1 nitrogen and oxygen atoms in total. The molecule has 2 aromatic rings. The van der Waals surface area contributed by atoms with Crippen LogP contribution in [0.25, 0.3) is 12.2 Å². The lowest BCUT2D eigenvalue weighted by Gasteiger charge is -2.12. The van der Waals surface area contributed by atoms with Crippen molar-refractivity contribution in [2.75, 3.05) is 7.11 Å². The highest BCUT2D eigenvalue weighted by atomic mass is 19.4. The van der Waals surface area contributed by atoms with Gasteiger partial charge in [-0.25, -0.2) is 0 Å². The summed E-state index contributed by atoms with van der Waals surface area (Å²) in [6.07, 6.45) is -1.02. The number of methoxy groups -OCH3 is 1. The quantitative estimate of drug-likeness (QED) is 0.727. The summed E-state index contributed by atoms with van der Waals surface area (Å²) < 4.78 is 43.4. The number of rotatable bonds is 3. The molecule has 0 bridgehead atoms. The molecule has 0 saturated carbocycles. The Labute approximate surface area is 115 Å². The maximum Gasteiger partial charge on any atom is 0.419 e. The predicted molar refractivity (Wildman–Crippen MR) is 73.4 cm³/mol. The Morgan fingerprint density at radius 2 is 1.55 bits per heavy atom. The van der Waals surface area contributed by atoms with Crippen LogP contribution in [0.1, 0.15) is 16.7 Å².